The summed E-state index contributed by atoms with van der Waals surface area (Å²) in [5.74, 6) is -0.0587. The van der Waals surface area contributed by atoms with Gasteiger partial charge in [0.1, 0.15) is 11.4 Å². The quantitative estimate of drug-likeness (QED) is 0.532. The van der Waals surface area contributed by atoms with Gasteiger partial charge in [-0.2, -0.15) is 18.2 Å². The molecule has 0 amide bonds. The lowest BCUT2D eigenvalue weighted by atomic mass is 10.0. The van der Waals surface area contributed by atoms with E-state index in [4.69, 9.17) is 0 Å². The molecule has 146 valence electrons. The minimum atomic E-state index is -4.57. The first kappa shape index (κ1) is 19.7. The number of halogens is 3. The molecule has 1 heterocycles. The first-order chi connectivity index (χ1) is 13.2. The van der Waals surface area contributed by atoms with Crippen LogP contribution in [0.1, 0.15) is 36.5 Å². The lowest BCUT2D eigenvalue weighted by Crippen LogP contribution is -2.13. The van der Waals surface area contributed by atoms with Crippen molar-refractivity contribution in [2.75, 3.05) is 10.6 Å². The zero-order valence-electron chi connectivity index (χ0n) is 15.8. The number of hydrogen-bond acceptors (Lipinski definition) is 4. The Morgan fingerprint density at radius 2 is 1.61 bits per heavy atom. The summed E-state index contributed by atoms with van der Waals surface area (Å²) in [4.78, 5) is 7.94. The molecule has 1 aromatic heterocycles. The molecule has 3 rings (SSSR count). The van der Waals surface area contributed by atoms with Crippen LogP contribution in [-0.4, -0.2) is 9.97 Å². The van der Waals surface area contributed by atoms with E-state index in [2.05, 4.69) is 20.6 Å². The van der Waals surface area contributed by atoms with Crippen LogP contribution in [0.5, 0.6) is 0 Å². The van der Waals surface area contributed by atoms with Gasteiger partial charge in [-0.15, -0.1) is 0 Å². The average Bonchev–Trinajstić information content (AvgIpc) is 2.63. The third-order valence-corrected chi connectivity index (χ3v) is 4.24. The molecule has 0 unspecified atom stereocenters. The number of nitrogens with zero attached hydrogens (tertiary/aromatic N) is 2. The second-order valence-electron chi connectivity index (χ2n) is 6.81. The van der Waals surface area contributed by atoms with E-state index in [1.54, 1.807) is 12.1 Å². The number of rotatable bonds is 5. The Bertz CT molecular complexity index is 951. The first-order valence-corrected chi connectivity index (χ1v) is 8.88. The molecule has 0 saturated carbocycles. The van der Waals surface area contributed by atoms with Crippen LogP contribution in [0.3, 0.4) is 0 Å². The number of nitrogens with one attached hydrogen (secondary N) is 2. The molecular weight excluding hydrogens is 365 g/mol. The van der Waals surface area contributed by atoms with E-state index >= 15 is 0 Å². The maximum absolute atomic E-state index is 13.5. The number of para-hydroxylation sites is 1. The number of benzene rings is 2. The van der Waals surface area contributed by atoms with Crippen molar-refractivity contribution in [1.82, 2.24) is 9.97 Å². The van der Waals surface area contributed by atoms with E-state index in [1.807, 2.05) is 57.2 Å². The van der Waals surface area contributed by atoms with Crippen molar-refractivity contribution in [1.29, 1.82) is 0 Å². The van der Waals surface area contributed by atoms with E-state index < -0.39 is 11.7 Å². The van der Waals surface area contributed by atoms with Crippen LogP contribution in [-0.2, 0) is 6.18 Å². The number of alkyl halides is 3. The summed E-state index contributed by atoms with van der Waals surface area (Å²) in [5, 5.41) is 5.80. The number of aryl methyl sites for hydroxylation is 1. The second kappa shape index (κ2) is 7.88. The standard InChI is InChI=1S/C21H21F3N4/c1-13(2)16-6-4-5-7-18(16)27-19-17(21(22,23)24)12-25-20(28-19)26-15-10-8-14(3)9-11-15/h4-13H,1-3H3,(H2,25,26,27,28). The summed E-state index contributed by atoms with van der Waals surface area (Å²) in [6.45, 7) is 5.91. The summed E-state index contributed by atoms with van der Waals surface area (Å²) in [6, 6.07) is 14.7. The van der Waals surface area contributed by atoms with Gasteiger partial charge in [-0.05, 0) is 36.6 Å². The monoisotopic (exact) mass is 386 g/mol. The van der Waals surface area contributed by atoms with Gasteiger partial charge in [0.15, 0.2) is 0 Å². The molecule has 28 heavy (non-hydrogen) atoms. The smallest absolute Gasteiger partial charge is 0.339 e. The Balaban J connectivity index is 1.98. The second-order valence-corrected chi connectivity index (χ2v) is 6.81. The Morgan fingerprint density at radius 3 is 2.25 bits per heavy atom. The highest BCUT2D eigenvalue weighted by Gasteiger charge is 2.35. The van der Waals surface area contributed by atoms with E-state index in [0.29, 0.717) is 11.4 Å². The van der Waals surface area contributed by atoms with Crippen molar-refractivity contribution in [2.45, 2.75) is 32.9 Å². The third kappa shape index (κ3) is 4.60. The van der Waals surface area contributed by atoms with Crippen LogP contribution in [0.4, 0.5) is 36.3 Å². The van der Waals surface area contributed by atoms with Gasteiger partial charge in [0.05, 0.1) is 0 Å². The fourth-order valence-corrected chi connectivity index (χ4v) is 2.75. The molecule has 0 aliphatic carbocycles. The van der Waals surface area contributed by atoms with Crippen LogP contribution in [0.2, 0.25) is 0 Å². The van der Waals surface area contributed by atoms with Gasteiger partial charge >= 0.3 is 6.18 Å². The maximum Gasteiger partial charge on any atom is 0.421 e. The highest BCUT2D eigenvalue weighted by molar-refractivity contribution is 5.66. The van der Waals surface area contributed by atoms with Crippen molar-refractivity contribution in [2.24, 2.45) is 0 Å². The normalized spacial score (nSPS) is 11.5. The molecule has 0 atom stereocenters. The number of anilines is 4. The van der Waals surface area contributed by atoms with Gasteiger partial charge in [0.2, 0.25) is 5.95 Å². The van der Waals surface area contributed by atoms with Crippen LogP contribution >= 0.6 is 0 Å². The fraction of sp³-hybridized carbons (Fsp3) is 0.238. The van der Waals surface area contributed by atoms with Crippen LogP contribution in [0.15, 0.2) is 54.7 Å². The summed E-state index contributed by atoms with van der Waals surface area (Å²) >= 11 is 0. The Hall–Kier alpha value is -3.09. The van der Waals surface area contributed by atoms with Gasteiger partial charge in [0, 0.05) is 17.6 Å². The molecule has 7 heteroatoms. The van der Waals surface area contributed by atoms with Gasteiger partial charge in [0.25, 0.3) is 0 Å². The van der Waals surface area contributed by atoms with E-state index in [0.717, 1.165) is 17.3 Å². The fourth-order valence-electron chi connectivity index (χ4n) is 2.75. The average molecular weight is 386 g/mol. The molecule has 2 N–H and O–H groups in total. The Kier molecular flexibility index (Phi) is 5.53. The van der Waals surface area contributed by atoms with E-state index in [9.17, 15) is 13.2 Å². The summed E-state index contributed by atoms with van der Waals surface area (Å²) in [6.07, 6.45) is -3.78. The molecule has 0 radical (unpaired) electrons. The number of aromatic nitrogens is 2. The predicted molar refractivity (Wildman–Crippen MR) is 105 cm³/mol. The summed E-state index contributed by atoms with van der Waals surface area (Å²) in [7, 11) is 0. The van der Waals surface area contributed by atoms with Crippen LogP contribution in [0.25, 0.3) is 0 Å². The number of hydrogen-bond donors (Lipinski definition) is 2. The van der Waals surface area contributed by atoms with E-state index in [1.165, 1.54) is 0 Å². The largest absolute Gasteiger partial charge is 0.421 e. The lowest BCUT2D eigenvalue weighted by molar-refractivity contribution is -0.137. The molecule has 4 nitrogen and oxygen atoms in total. The predicted octanol–water partition coefficient (Wildman–Crippen LogP) is 6.41. The Labute approximate surface area is 161 Å². The van der Waals surface area contributed by atoms with Crippen molar-refractivity contribution in [3.8, 4) is 0 Å². The van der Waals surface area contributed by atoms with Crippen molar-refractivity contribution < 1.29 is 13.2 Å². The van der Waals surface area contributed by atoms with Gasteiger partial charge < -0.3 is 10.6 Å². The zero-order valence-corrected chi connectivity index (χ0v) is 15.8. The summed E-state index contributed by atoms with van der Waals surface area (Å²) < 4.78 is 40.4. The van der Waals surface area contributed by atoms with Crippen LogP contribution in [0, 0.1) is 6.92 Å². The molecular formula is C21H21F3N4. The van der Waals surface area contributed by atoms with Gasteiger partial charge in [-0.25, -0.2) is 4.98 Å². The van der Waals surface area contributed by atoms with Crippen molar-refractivity contribution >= 4 is 23.1 Å². The molecule has 3 aromatic rings. The topological polar surface area (TPSA) is 49.8 Å². The maximum atomic E-state index is 13.5. The molecule has 0 aliphatic rings. The molecule has 0 spiro atoms. The van der Waals surface area contributed by atoms with Gasteiger partial charge in [-0.3, -0.25) is 0 Å². The third-order valence-electron chi connectivity index (χ3n) is 4.24. The van der Waals surface area contributed by atoms with E-state index in [-0.39, 0.29) is 17.7 Å². The van der Waals surface area contributed by atoms with Gasteiger partial charge in [-0.1, -0.05) is 49.7 Å². The SMILES string of the molecule is Cc1ccc(Nc2ncc(C(F)(F)F)c(Nc3ccccc3C(C)C)n2)cc1. The molecule has 0 saturated heterocycles. The molecule has 0 fully saturated rings. The highest BCUT2D eigenvalue weighted by atomic mass is 19.4. The first-order valence-electron chi connectivity index (χ1n) is 8.88. The minimum Gasteiger partial charge on any atom is -0.339 e. The minimum absolute atomic E-state index is 0.0846. The molecule has 0 bridgehead atoms. The van der Waals surface area contributed by atoms with Crippen molar-refractivity contribution in [3.05, 3.63) is 71.4 Å². The summed E-state index contributed by atoms with van der Waals surface area (Å²) in [5.41, 5.74) is 2.34. The molecule has 2 aromatic carbocycles. The molecule has 0 aliphatic heterocycles. The van der Waals surface area contributed by atoms with Crippen molar-refractivity contribution in [3.63, 3.8) is 0 Å². The lowest BCUT2D eigenvalue weighted by Gasteiger charge is -2.18. The Morgan fingerprint density at radius 1 is 0.929 bits per heavy atom. The highest BCUT2D eigenvalue weighted by Crippen LogP contribution is 2.36. The van der Waals surface area contributed by atoms with Crippen LogP contribution < -0.4 is 10.6 Å². The zero-order chi connectivity index (χ0) is 20.3.